The fourth-order valence-electron chi connectivity index (χ4n) is 1.54. The monoisotopic (exact) mass is 236 g/mol. The first-order chi connectivity index (χ1) is 7.97. The number of aromatic nitrogens is 1. The third kappa shape index (κ3) is 3.03. The van der Waals surface area contributed by atoms with Crippen LogP contribution in [0.25, 0.3) is 0 Å². The number of carbonyl (C=O) groups is 2. The molecule has 0 aromatic carbocycles. The highest BCUT2D eigenvalue weighted by Gasteiger charge is 2.15. The number of hydrogen-bond donors (Lipinski definition) is 1. The van der Waals surface area contributed by atoms with Crippen LogP contribution in [0, 0.1) is 6.92 Å². The summed E-state index contributed by atoms with van der Waals surface area (Å²) in [5.41, 5.74) is 0.761. The average Bonchev–Trinajstić information content (AvgIpc) is 2.27. The van der Waals surface area contributed by atoms with Crippen molar-refractivity contribution in [2.75, 3.05) is 13.6 Å². The van der Waals surface area contributed by atoms with Crippen molar-refractivity contribution in [3.05, 3.63) is 29.1 Å². The van der Waals surface area contributed by atoms with Crippen molar-refractivity contribution in [2.24, 2.45) is 0 Å². The van der Waals surface area contributed by atoms with Gasteiger partial charge in [-0.3, -0.25) is 4.79 Å². The number of aromatic carboxylic acids is 1. The van der Waals surface area contributed by atoms with Crippen molar-refractivity contribution in [1.29, 1.82) is 0 Å². The largest absolute Gasteiger partial charge is 0.478 e. The lowest BCUT2D eigenvalue weighted by molar-refractivity contribution is 0.0693. The third-order valence-corrected chi connectivity index (χ3v) is 2.44. The summed E-state index contributed by atoms with van der Waals surface area (Å²) in [6, 6.07) is 2.86. The third-order valence-electron chi connectivity index (χ3n) is 2.44. The summed E-state index contributed by atoms with van der Waals surface area (Å²) < 4.78 is 0. The lowest BCUT2D eigenvalue weighted by Gasteiger charge is -2.15. The van der Waals surface area contributed by atoms with Crippen LogP contribution in [-0.4, -0.2) is 40.5 Å². The smallest absolute Gasteiger partial charge is 0.337 e. The number of hydrogen-bond acceptors (Lipinski definition) is 3. The molecular formula is C12H16N2O3. The van der Waals surface area contributed by atoms with E-state index < -0.39 is 5.97 Å². The van der Waals surface area contributed by atoms with Gasteiger partial charge in [-0.05, 0) is 25.5 Å². The Kier molecular flexibility index (Phi) is 4.20. The Hall–Kier alpha value is -1.91. The minimum absolute atomic E-state index is 0.125. The Bertz CT molecular complexity index is 443. The van der Waals surface area contributed by atoms with Gasteiger partial charge in [0.05, 0.1) is 11.3 Å². The molecule has 0 aliphatic carbocycles. The lowest BCUT2D eigenvalue weighted by Crippen LogP contribution is -2.28. The molecule has 92 valence electrons. The molecule has 0 bridgehead atoms. The minimum Gasteiger partial charge on any atom is -0.478 e. The number of nitrogens with zero attached hydrogens (tertiary/aromatic N) is 2. The predicted molar refractivity (Wildman–Crippen MR) is 63.2 cm³/mol. The molecule has 1 aromatic heterocycles. The Morgan fingerprint density at radius 1 is 1.41 bits per heavy atom. The molecule has 0 radical (unpaired) electrons. The zero-order valence-electron chi connectivity index (χ0n) is 10.2. The fraction of sp³-hybridized carbons (Fsp3) is 0.417. The summed E-state index contributed by atoms with van der Waals surface area (Å²) >= 11 is 0. The Morgan fingerprint density at radius 3 is 2.53 bits per heavy atom. The second-order valence-electron chi connectivity index (χ2n) is 3.86. The summed E-state index contributed by atoms with van der Waals surface area (Å²) in [6.45, 7) is 4.22. The molecule has 1 rings (SSSR count). The minimum atomic E-state index is -1.03. The number of carboxylic acids is 1. The zero-order chi connectivity index (χ0) is 13.0. The molecular weight excluding hydrogens is 220 g/mol. The molecule has 5 heteroatoms. The zero-order valence-corrected chi connectivity index (χ0v) is 10.2. The summed E-state index contributed by atoms with van der Waals surface area (Å²) in [5, 5.41) is 8.85. The molecule has 0 aliphatic rings. The topological polar surface area (TPSA) is 70.5 Å². The van der Waals surface area contributed by atoms with E-state index in [-0.39, 0.29) is 17.2 Å². The number of rotatable bonds is 4. The molecule has 1 N–H and O–H groups in total. The number of amides is 1. The highest BCUT2D eigenvalue weighted by molar-refractivity contribution is 5.94. The molecule has 5 nitrogen and oxygen atoms in total. The van der Waals surface area contributed by atoms with Gasteiger partial charge >= 0.3 is 5.97 Å². The van der Waals surface area contributed by atoms with Crippen LogP contribution in [-0.2, 0) is 0 Å². The van der Waals surface area contributed by atoms with Gasteiger partial charge in [-0.15, -0.1) is 0 Å². The van der Waals surface area contributed by atoms with Gasteiger partial charge in [0.15, 0.2) is 0 Å². The molecule has 0 unspecified atom stereocenters. The summed E-state index contributed by atoms with van der Waals surface area (Å²) in [4.78, 5) is 28.3. The highest BCUT2D eigenvalue weighted by atomic mass is 16.4. The predicted octanol–water partition coefficient (Wildman–Crippen LogP) is 1.57. The van der Waals surface area contributed by atoms with Crippen molar-refractivity contribution >= 4 is 11.9 Å². The van der Waals surface area contributed by atoms with Gasteiger partial charge in [0, 0.05) is 13.6 Å². The lowest BCUT2D eigenvalue weighted by atomic mass is 10.2. The molecule has 0 saturated carbocycles. The maximum atomic E-state index is 11.9. The van der Waals surface area contributed by atoms with E-state index in [0.29, 0.717) is 12.2 Å². The van der Waals surface area contributed by atoms with Crippen LogP contribution >= 0.6 is 0 Å². The van der Waals surface area contributed by atoms with Crippen LogP contribution in [0.2, 0.25) is 0 Å². The Labute approximate surface area is 100 Å². The number of carboxylic acid groups (broad SMARTS) is 1. The molecule has 17 heavy (non-hydrogen) atoms. The first-order valence-corrected chi connectivity index (χ1v) is 5.43. The van der Waals surface area contributed by atoms with Crippen molar-refractivity contribution < 1.29 is 14.7 Å². The van der Waals surface area contributed by atoms with Gasteiger partial charge in [0.2, 0.25) is 0 Å². The van der Waals surface area contributed by atoms with Gasteiger partial charge in [0.1, 0.15) is 5.69 Å². The maximum Gasteiger partial charge on any atom is 0.337 e. The van der Waals surface area contributed by atoms with Gasteiger partial charge in [-0.25, -0.2) is 9.78 Å². The van der Waals surface area contributed by atoms with Gasteiger partial charge in [-0.1, -0.05) is 6.92 Å². The average molecular weight is 236 g/mol. The van der Waals surface area contributed by atoms with Crippen LogP contribution in [0.3, 0.4) is 0 Å². The summed E-state index contributed by atoms with van der Waals surface area (Å²) in [5.74, 6) is -1.22. The highest BCUT2D eigenvalue weighted by Crippen LogP contribution is 2.08. The molecule has 1 heterocycles. The van der Waals surface area contributed by atoms with Gasteiger partial charge in [-0.2, -0.15) is 0 Å². The van der Waals surface area contributed by atoms with Crippen molar-refractivity contribution in [3.63, 3.8) is 0 Å². The van der Waals surface area contributed by atoms with Crippen LogP contribution < -0.4 is 0 Å². The van der Waals surface area contributed by atoms with Crippen LogP contribution in [0.1, 0.15) is 39.9 Å². The van der Waals surface area contributed by atoms with E-state index in [1.165, 1.54) is 12.1 Å². The number of aryl methyl sites for hydroxylation is 1. The second kappa shape index (κ2) is 5.43. The maximum absolute atomic E-state index is 11.9. The molecule has 0 spiro atoms. The second-order valence-corrected chi connectivity index (χ2v) is 3.86. The van der Waals surface area contributed by atoms with E-state index in [9.17, 15) is 9.59 Å². The molecule has 0 fully saturated rings. The molecule has 1 amide bonds. The molecule has 0 saturated heterocycles. The van der Waals surface area contributed by atoms with Crippen LogP contribution in [0.15, 0.2) is 12.1 Å². The van der Waals surface area contributed by atoms with E-state index in [0.717, 1.165) is 6.42 Å². The van der Waals surface area contributed by atoms with Crippen molar-refractivity contribution in [1.82, 2.24) is 9.88 Å². The van der Waals surface area contributed by atoms with E-state index in [4.69, 9.17) is 5.11 Å². The molecule has 0 atom stereocenters. The summed E-state index contributed by atoms with van der Waals surface area (Å²) in [6.07, 6.45) is 0.869. The van der Waals surface area contributed by atoms with Gasteiger partial charge < -0.3 is 10.0 Å². The first kappa shape index (κ1) is 13.2. The number of pyridine rings is 1. The fourth-order valence-corrected chi connectivity index (χ4v) is 1.54. The Morgan fingerprint density at radius 2 is 2.06 bits per heavy atom. The van der Waals surface area contributed by atoms with Crippen molar-refractivity contribution in [2.45, 2.75) is 20.3 Å². The van der Waals surface area contributed by atoms with Crippen LogP contribution in [0.4, 0.5) is 0 Å². The van der Waals surface area contributed by atoms with E-state index in [2.05, 4.69) is 4.98 Å². The van der Waals surface area contributed by atoms with E-state index >= 15 is 0 Å². The summed E-state index contributed by atoms with van der Waals surface area (Å²) in [7, 11) is 1.70. The normalized spacial score (nSPS) is 10.1. The first-order valence-electron chi connectivity index (χ1n) is 5.43. The van der Waals surface area contributed by atoms with E-state index in [1.807, 2.05) is 6.92 Å². The van der Waals surface area contributed by atoms with Gasteiger partial charge in [0.25, 0.3) is 5.91 Å². The standard InChI is InChI=1S/C12H16N2O3/c1-4-7-14(3)11(15)10-6-5-9(12(16)17)8(2)13-10/h5-6H,4,7H2,1-3H3,(H,16,17). The molecule has 0 aliphatic heterocycles. The van der Waals surface area contributed by atoms with Crippen molar-refractivity contribution in [3.8, 4) is 0 Å². The van der Waals surface area contributed by atoms with Crippen LogP contribution in [0.5, 0.6) is 0 Å². The Balaban J connectivity index is 2.97. The van der Waals surface area contributed by atoms with E-state index in [1.54, 1.807) is 18.9 Å². The quantitative estimate of drug-likeness (QED) is 0.861. The molecule has 1 aromatic rings. The SMILES string of the molecule is CCCN(C)C(=O)c1ccc(C(=O)O)c(C)n1. The number of carbonyl (C=O) groups excluding carboxylic acids is 1.